The van der Waals surface area contributed by atoms with Gasteiger partial charge in [0.15, 0.2) is 0 Å². The van der Waals surface area contributed by atoms with Crippen LogP contribution in [-0.2, 0) is 24.1 Å². The van der Waals surface area contributed by atoms with Gasteiger partial charge in [-0.25, -0.2) is 9.48 Å². The Morgan fingerprint density at radius 2 is 2.03 bits per heavy atom. The van der Waals surface area contributed by atoms with Crippen molar-refractivity contribution in [3.63, 3.8) is 0 Å². The van der Waals surface area contributed by atoms with Crippen LogP contribution in [0.5, 0.6) is 0 Å². The molecule has 2 aromatic rings. The summed E-state index contributed by atoms with van der Waals surface area (Å²) in [6, 6.07) is 10.6. The highest BCUT2D eigenvalue weighted by atomic mass is 16.6. The van der Waals surface area contributed by atoms with Crippen LogP contribution in [0.25, 0.3) is 0 Å². The number of hydrogen-bond acceptors (Lipinski definition) is 5. The Morgan fingerprint density at radius 3 is 2.69 bits per heavy atom. The second-order valence-corrected chi connectivity index (χ2v) is 10.2. The number of nitrogen functional groups attached to an aromatic ring is 1. The molecule has 0 aliphatic heterocycles. The molecular formula is C25H33N5O2. The first kappa shape index (κ1) is 22.2. The van der Waals surface area contributed by atoms with Crippen molar-refractivity contribution in [2.24, 2.45) is 5.92 Å². The minimum Gasteiger partial charge on any atom is -0.444 e. The molecule has 7 heteroatoms. The second-order valence-electron chi connectivity index (χ2n) is 10.2. The number of alkyl carbamates (subject to hydrolysis) is 1. The van der Waals surface area contributed by atoms with Crippen molar-refractivity contribution in [3.05, 3.63) is 46.6 Å². The number of nitrogens with zero attached hydrogens (tertiary/aromatic N) is 3. The highest BCUT2D eigenvalue weighted by molar-refractivity contribution is 5.68. The van der Waals surface area contributed by atoms with Gasteiger partial charge < -0.3 is 15.8 Å². The van der Waals surface area contributed by atoms with Gasteiger partial charge >= 0.3 is 6.09 Å². The Labute approximate surface area is 189 Å². The average molecular weight is 436 g/mol. The molecule has 1 amide bonds. The number of carbonyl (C=O) groups is 1. The molecule has 32 heavy (non-hydrogen) atoms. The van der Waals surface area contributed by atoms with Crippen molar-refractivity contribution < 1.29 is 9.53 Å². The molecule has 1 unspecified atom stereocenters. The van der Waals surface area contributed by atoms with E-state index in [0.29, 0.717) is 23.8 Å². The number of aromatic nitrogens is 2. The maximum atomic E-state index is 12.4. The minimum atomic E-state index is -0.558. The highest BCUT2D eigenvalue weighted by Crippen LogP contribution is 2.36. The zero-order valence-electron chi connectivity index (χ0n) is 19.2. The fourth-order valence-electron chi connectivity index (χ4n) is 4.58. The summed E-state index contributed by atoms with van der Waals surface area (Å²) in [7, 11) is 0. The molecule has 2 aliphatic rings. The number of anilines is 1. The molecule has 2 atom stereocenters. The standard InChI is InChI=1S/C25H33N5O2/c1-25(2,3)32-24(31)28-20(12-16-8-9-16)15-30-23(27)21(14-26)22(29-30)19-11-10-17-6-4-5-7-18(17)13-19/h4-7,16,19-20H,8-13,15,27H2,1-3H3,(H,28,31)/t19?,20-/m1/s1. The molecule has 3 N–H and O–H groups in total. The van der Waals surface area contributed by atoms with Crippen LogP contribution in [0.1, 0.15) is 74.8 Å². The smallest absolute Gasteiger partial charge is 0.407 e. The third kappa shape index (κ3) is 5.24. The van der Waals surface area contributed by atoms with Crippen LogP contribution >= 0.6 is 0 Å². The number of carbonyl (C=O) groups excluding carboxylic acids is 1. The van der Waals surface area contributed by atoms with Gasteiger partial charge in [0.1, 0.15) is 23.1 Å². The lowest BCUT2D eigenvalue weighted by atomic mass is 9.81. The predicted molar refractivity (Wildman–Crippen MR) is 123 cm³/mol. The van der Waals surface area contributed by atoms with Crippen LogP contribution < -0.4 is 11.1 Å². The average Bonchev–Trinajstić information content (AvgIpc) is 3.49. The molecule has 4 rings (SSSR count). The molecule has 1 saturated carbocycles. The van der Waals surface area contributed by atoms with E-state index in [9.17, 15) is 10.1 Å². The lowest BCUT2D eigenvalue weighted by Gasteiger charge is -2.24. The van der Waals surface area contributed by atoms with Crippen LogP contribution in [0.2, 0.25) is 0 Å². The molecule has 2 aliphatic carbocycles. The topological polar surface area (TPSA) is 106 Å². The zero-order valence-corrected chi connectivity index (χ0v) is 19.2. The van der Waals surface area contributed by atoms with Gasteiger partial charge in [-0.05, 0) is 63.5 Å². The van der Waals surface area contributed by atoms with E-state index in [0.717, 1.165) is 31.4 Å². The van der Waals surface area contributed by atoms with Gasteiger partial charge in [-0.1, -0.05) is 37.1 Å². The summed E-state index contributed by atoms with van der Waals surface area (Å²) in [5, 5.41) is 17.6. The Morgan fingerprint density at radius 1 is 1.31 bits per heavy atom. The number of amides is 1. The van der Waals surface area contributed by atoms with E-state index < -0.39 is 11.7 Å². The normalized spacial score (nSPS) is 19.0. The SMILES string of the molecule is CC(C)(C)OC(=O)N[C@H](CC1CC1)Cn1nc(C2CCc3ccccc3C2)c(C#N)c1N. The summed E-state index contributed by atoms with van der Waals surface area (Å²) in [6.07, 6.45) is 5.56. The Bertz CT molecular complexity index is 1030. The number of rotatable bonds is 6. The molecular weight excluding hydrogens is 402 g/mol. The first-order valence-corrected chi connectivity index (χ1v) is 11.6. The van der Waals surface area contributed by atoms with E-state index in [1.54, 1.807) is 4.68 Å². The maximum Gasteiger partial charge on any atom is 0.407 e. The molecule has 1 fully saturated rings. The number of nitrogens with one attached hydrogen (secondary N) is 1. The number of fused-ring (bicyclic) bond motifs is 1. The first-order chi connectivity index (χ1) is 15.2. The molecule has 1 heterocycles. The third-order valence-corrected chi connectivity index (χ3v) is 6.29. The van der Waals surface area contributed by atoms with Crippen LogP contribution in [-0.4, -0.2) is 27.5 Å². The van der Waals surface area contributed by atoms with Crippen LogP contribution in [0.3, 0.4) is 0 Å². The fraction of sp³-hybridized carbons (Fsp3) is 0.560. The van der Waals surface area contributed by atoms with Gasteiger partial charge in [0, 0.05) is 5.92 Å². The molecule has 0 radical (unpaired) electrons. The lowest BCUT2D eigenvalue weighted by Crippen LogP contribution is -2.41. The first-order valence-electron chi connectivity index (χ1n) is 11.6. The summed E-state index contributed by atoms with van der Waals surface area (Å²) >= 11 is 0. The molecule has 170 valence electrons. The van der Waals surface area contributed by atoms with E-state index in [4.69, 9.17) is 15.6 Å². The van der Waals surface area contributed by atoms with Gasteiger partial charge in [0.25, 0.3) is 0 Å². The van der Waals surface area contributed by atoms with Crippen molar-refractivity contribution in [2.45, 2.75) is 83.4 Å². The Kier molecular flexibility index (Phi) is 6.14. The highest BCUT2D eigenvalue weighted by Gasteiger charge is 2.31. The minimum absolute atomic E-state index is 0.147. The van der Waals surface area contributed by atoms with Gasteiger partial charge in [-0.2, -0.15) is 10.4 Å². The van der Waals surface area contributed by atoms with E-state index in [1.807, 2.05) is 20.8 Å². The summed E-state index contributed by atoms with van der Waals surface area (Å²) in [4.78, 5) is 12.4. The van der Waals surface area contributed by atoms with E-state index >= 15 is 0 Å². The van der Waals surface area contributed by atoms with Gasteiger partial charge in [-0.15, -0.1) is 0 Å². The zero-order chi connectivity index (χ0) is 22.9. The number of nitrogens with two attached hydrogens (primary N) is 1. The number of aryl methyl sites for hydroxylation is 1. The van der Waals surface area contributed by atoms with Crippen molar-refractivity contribution in [2.75, 3.05) is 5.73 Å². The van der Waals surface area contributed by atoms with Crippen LogP contribution in [0.4, 0.5) is 10.6 Å². The van der Waals surface area contributed by atoms with E-state index in [2.05, 4.69) is 35.7 Å². The number of nitriles is 1. The summed E-state index contributed by atoms with van der Waals surface area (Å²) < 4.78 is 7.16. The van der Waals surface area contributed by atoms with Crippen LogP contribution in [0, 0.1) is 17.2 Å². The molecule has 1 aromatic carbocycles. The van der Waals surface area contributed by atoms with Gasteiger partial charge in [0.2, 0.25) is 0 Å². The molecule has 0 spiro atoms. The Balaban J connectivity index is 1.53. The molecule has 7 nitrogen and oxygen atoms in total. The largest absolute Gasteiger partial charge is 0.444 e. The van der Waals surface area contributed by atoms with Crippen molar-refractivity contribution in [3.8, 4) is 6.07 Å². The second kappa shape index (κ2) is 8.85. The lowest BCUT2D eigenvalue weighted by molar-refractivity contribution is 0.0494. The summed E-state index contributed by atoms with van der Waals surface area (Å²) in [5.74, 6) is 1.16. The molecule has 0 saturated heterocycles. The van der Waals surface area contributed by atoms with Crippen molar-refractivity contribution >= 4 is 11.9 Å². The number of benzene rings is 1. The summed E-state index contributed by atoms with van der Waals surface area (Å²) in [5.41, 5.74) is 9.76. The maximum absolute atomic E-state index is 12.4. The van der Waals surface area contributed by atoms with E-state index in [-0.39, 0.29) is 12.0 Å². The number of hydrogen-bond donors (Lipinski definition) is 2. The fourth-order valence-corrected chi connectivity index (χ4v) is 4.58. The van der Waals surface area contributed by atoms with Crippen molar-refractivity contribution in [1.82, 2.24) is 15.1 Å². The van der Waals surface area contributed by atoms with Crippen LogP contribution in [0.15, 0.2) is 24.3 Å². The van der Waals surface area contributed by atoms with Gasteiger partial charge in [-0.3, -0.25) is 0 Å². The quantitative estimate of drug-likeness (QED) is 0.703. The predicted octanol–water partition coefficient (Wildman–Crippen LogP) is 4.30. The van der Waals surface area contributed by atoms with Crippen molar-refractivity contribution in [1.29, 1.82) is 5.26 Å². The monoisotopic (exact) mass is 435 g/mol. The molecule has 0 bridgehead atoms. The molecule has 1 aromatic heterocycles. The Hall–Kier alpha value is -3.01. The van der Waals surface area contributed by atoms with Gasteiger partial charge in [0.05, 0.1) is 18.3 Å². The third-order valence-electron chi connectivity index (χ3n) is 6.29. The summed E-state index contributed by atoms with van der Waals surface area (Å²) in [6.45, 7) is 5.98. The van der Waals surface area contributed by atoms with E-state index in [1.165, 1.54) is 24.0 Å². The number of ether oxygens (including phenoxy) is 1.